The van der Waals surface area contributed by atoms with Crippen molar-refractivity contribution in [1.29, 1.82) is 0 Å². The zero-order chi connectivity index (χ0) is 14.8. The number of likely N-dealkylation sites (tertiary alicyclic amines) is 1. The molecular formula is C17H23N3O. The summed E-state index contributed by atoms with van der Waals surface area (Å²) in [5, 5.41) is 0.999. The van der Waals surface area contributed by atoms with Crippen LogP contribution in [0.5, 0.6) is 5.75 Å². The number of piperidine rings is 1. The summed E-state index contributed by atoms with van der Waals surface area (Å²) in [5.41, 5.74) is 8.56. The zero-order valence-corrected chi connectivity index (χ0v) is 12.8. The second kappa shape index (κ2) is 5.90. The topological polar surface area (TPSA) is 51.4 Å². The van der Waals surface area contributed by atoms with Crippen LogP contribution in [-0.2, 0) is 0 Å². The van der Waals surface area contributed by atoms with Gasteiger partial charge in [0.15, 0.2) is 0 Å². The quantitative estimate of drug-likeness (QED) is 0.881. The molecule has 1 saturated heterocycles. The van der Waals surface area contributed by atoms with Crippen molar-refractivity contribution in [2.45, 2.75) is 32.2 Å². The van der Waals surface area contributed by atoms with E-state index < -0.39 is 0 Å². The molecule has 4 nitrogen and oxygen atoms in total. The fourth-order valence-electron chi connectivity index (χ4n) is 3.00. The molecule has 1 atom stereocenters. The first kappa shape index (κ1) is 14.1. The number of nitrogens with two attached hydrogens (primary N) is 1. The summed E-state index contributed by atoms with van der Waals surface area (Å²) in [6, 6.07) is 8.29. The standard InChI is InChI=1S/C17H23N3O/c1-12-9-17(15-10-13(18)6-7-16(15)19-12)21-11-14-5-3-4-8-20(14)2/h6-7,9-10,14H,3-5,8,11,18H2,1-2H3. The summed E-state index contributed by atoms with van der Waals surface area (Å²) >= 11 is 0. The molecule has 1 fully saturated rings. The highest BCUT2D eigenvalue weighted by Gasteiger charge is 2.19. The maximum atomic E-state index is 6.13. The van der Waals surface area contributed by atoms with E-state index in [0.29, 0.717) is 6.04 Å². The lowest BCUT2D eigenvalue weighted by Gasteiger charge is -2.32. The molecular weight excluding hydrogens is 262 g/mol. The van der Waals surface area contributed by atoms with E-state index in [1.54, 1.807) is 0 Å². The number of nitrogen functional groups attached to an aromatic ring is 1. The molecule has 0 radical (unpaired) electrons. The molecule has 0 bridgehead atoms. The molecule has 0 spiro atoms. The van der Waals surface area contributed by atoms with Crippen LogP contribution in [-0.4, -0.2) is 36.1 Å². The Bertz CT molecular complexity index is 641. The molecule has 1 aliphatic rings. The number of hydrogen-bond acceptors (Lipinski definition) is 4. The summed E-state index contributed by atoms with van der Waals surface area (Å²) in [7, 11) is 2.18. The van der Waals surface area contributed by atoms with Gasteiger partial charge in [0.1, 0.15) is 12.4 Å². The first-order chi connectivity index (χ1) is 10.1. The lowest BCUT2D eigenvalue weighted by Crippen LogP contribution is -2.40. The first-order valence-electron chi connectivity index (χ1n) is 7.63. The van der Waals surface area contributed by atoms with E-state index in [2.05, 4.69) is 16.9 Å². The predicted octanol–water partition coefficient (Wildman–Crippen LogP) is 2.99. The van der Waals surface area contributed by atoms with Gasteiger partial charge in [-0.25, -0.2) is 0 Å². The molecule has 1 aliphatic heterocycles. The van der Waals surface area contributed by atoms with Gasteiger partial charge in [0.05, 0.1) is 5.52 Å². The van der Waals surface area contributed by atoms with Gasteiger partial charge in [-0.15, -0.1) is 0 Å². The van der Waals surface area contributed by atoms with Gasteiger partial charge in [-0.2, -0.15) is 0 Å². The Morgan fingerprint density at radius 1 is 1.33 bits per heavy atom. The Morgan fingerprint density at radius 3 is 3.00 bits per heavy atom. The van der Waals surface area contributed by atoms with Crippen molar-refractivity contribution in [1.82, 2.24) is 9.88 Å². The Morgan fingerprint density at radius 2 is 2.19 bits per heavy atom. The number of likely N-dealkylation sites (N-methyl/N-ethyl adjacent to an activating group) is 1. The summed E-state index contributed by atoms with van der Waals surface area (Å²) < 4.78 is 6.13. The van der Waals surface area contributed by atoms with Gasteiger partial charge in [0.25, 0.3) is 0 Å². The zero-order valence-electron chi connectivity index (χ0n) is 12.8. The third-order valence-corrected chi connectivity index (χ3v) is 4.28. The predicted molar refractivity (Wildman–Crippen MR) is 86.7 cm³/mol. The maximum Gasteiger partial charge on any atom is 0.130 e. The van der Waals surface area contributed by atoms with E-state index in [1.165, 1.54) is 19.3 Å². The fourth-order valence-corrected chi connectivity index (χ4v) is 3.00. The van der Waals surface area contributed by atoms with E-state index in [1.807, 2.05) is 31.2 Å². The highest BCUT2D eigenvalue weighted by Crippen LogP contribution is 2.28. The summed E-state index contributed by atoms with van der Waals surface area (Å²) in [6.45, 7) is 3.89. The molecule has 4 heteroatoms. The van der Waals surface area contributed by atoms with Crippen LogP contribution in [0.15, 0.2) is 24.3 Å². The molecule has 21 heavy (non-hydrogen) atoms. The number of anilines is 1. The van der Waals surface area contributed by atoms with Gasteiger partial charge in [-0.3, -0.25) is 4.98 Å². The minimum absolute atomic E-state index is 0.503. The SMILES string of the molecule is Cc1cc(OCC2CCCCN2C)c2cc(N)ccc2n1. The van der Waals surface area contributed by atoms with Crippen molar-refractivity contribution in [3.63, 3.8) is 0 Å². The summed E-state index contributed by atoms with van der Waals surface area (Å²) in [5.74, 6) is 0.892. The number of hydrogen-bond donors (Lipinski definition) is 1. The van der Waals surface area contributed by atoms with Crippen molar-refractivity contribution >= 4 is 16.6 Å². The minimum Gasteiger partial charge on any atom is -0.491 e. The molecule has 2 aromatic rings. The number of benzene rings is 1. The number of aromatic nitrogens is 1. The van der Waals surface area contributed by atoms with Crippen LogP contribution in [0.25, 0.3) is 10.9 Å². The van der Waals surface area contributed by atoms with Crippen LogP contribution >= 0.6 is 0 Å². The Kier molecular flexibility index (Phi) is 3.97. The normalized spacial score (nSPS) is 19.8. The van der Waals surface area contributed by atoms with E-state index >= 15 is 0 Å². The molecule has 112 valence electrons. The molecule has 2 N–H and O–H groups in total. The second-order valence-corrected chi connectivity index (χ2v) is 5.98. The highest BCUT2D eigenvalue weighted by molar-refractivity contribution is 5.87. The number of pyridine rings is 1. The summed E-state index contributed by atoms with van der Waals surface area (Å²) in [6.07, 6.45) is 3.79. The minimum atomic E-state index is 0.503. The number of ether oxygens (including phenoxy) is 1. The number of aryl methyl sites for hydroxylation is 1. The average Bonchev–Trinajstić information content (AvgIpc) is 2.47. The first-order valence-corrected chi connectivity index (χ1v) is 7.63. The van der Waals surface area contributed by atoms with Gasteiger partial charge in [-0.05, 0) is 51.6 Å². The van der Waals surface area contributed by atoms with E-state index in [0.717, 1.165) is 41.2 Å². The molecule has 1 aromatic heterocycles. The molecule has 2 heterocycles. The van der Waals surface area contributed by atoms with Crippen molar-refractivity contribution in [3.8, 4) is 5.75 Å². The van der Waals surface area contributed by atoms with Gasteiger partial charge in [0, 0.05) is 28.9 Å². The lowest BCUT2D eigenvalue weighted by molar-refractivity contribution is 0.126. The Hall–Kier alpha value is -1.81. The van der Waals surface area contributed by atoms with Gasteiger partial charge >= 0.3 is 0 Å². The molecule has 1 aromatic carbocycles. The van der Waals surface area contributed by atoms with Gasteiger partial charge in [0.2, 0.25) is 0 Å². The van der Waals surface area contributed by atoms with Crippen LogP contribution in [0.2, 0.25) is 0 Å². The van der Waals surface area contributed by atoms with Crippen molar-refractivity contribution in [2.75, 3.05) is 25.9 Å². The number of fused-ring (bicyclic) bond motifs is 1. The second-order valence-electron chi connectivity index (χ2n) is 5.98. The third-order valence-electron chi connectivity index (χ3n) is 4.28. The maximum absolute atomic E-state index is 6.13. The van der Waals surface area contributed by atoms with Crippen LogP contribution in [0.1, 0.15) is 25.0 Å². The highest BCUT2D eigenvalue weighted by atomic mass is 16.5. The monoisotopic (exact) mass is 285 g/mol. The smallest absolute Gasteiger partial charge is 0.130 e. The van der Waals surface area contributed by atoms with Crippen LogP contribution in [0.4, 0.5) is 5.69 Å². The fraction of sp³-hybridized carbons (Fsp3) is 0.471. The largest absolute Gasteiger partial charge is 0.491 e. The van der Waals surface area contributed by atoms with Crippen molar-refractivity contribution < 1.29 is 4.74 Å². The third kappa shape index (κ3) is 3.10. The summed E-state index contributed by atoms with van der Waals surface area (Å²) in [4.78, 5) is 6.94. The van der Waals surface area contributed by atoms with E-state index in [-0.39, 0.29) is 0 Å². The number of rotatable bonds is 3. The molecule has 1 unspecified atom stereocenters. The molecule has 0 amide bonds. The Balaban J connectivity index is 1.84. The van der Waals surface area contributed by atoms with Gasteiger partial charge in [-0.1, -0.05) is 6.42 Å². The molecule has 3 rings (SSSR count). The molecule has 0 saturated carbocycles. The van der Waals surface area contributed by atoms with Crippen LogP contribution in [0.3, 0.4) is 0 Å². The lowest BCUT2D eigenvalue weighted by atomic mass is 10.0. The van der Waals surface area contributed by atoms with Crippen molar-refractivity contribution in [3.05, 3.63) is 30.0 Å². The molecule has 0 aliphatic carbocycles. The average molecular weight is 285 g/mol. The van der Waals surface area contributed by atoms with Crippen molar-refractivity contribution in [2.24, 2.45) is 0 Å². The van der Waals surface area contributed by atoms with E-state index in [4.69, 9.17) is 10.5 Å². The van der Waals surface area contributed by atoms with Gasteiger partial charge < -0.3 is 15.4 Å². The van der Waals surface area contributed by atoms with Crippen LogP contribution in [0, 0.1) is 6.92 Å². The number of nitrogens with zero attached hydrogens (tertiary/aromatic N) is 2. The van der Waals surface area contributed by atoms with Crippen LogP contribution < -0.4 is 10.5 Å². The Labute approximate surface area is 125 Å². The van der Waals surface area contributed by atoms with E-state index in [9.17, 15) is 0 Å².